The van der Waals surface area contributed by atoms with Crippen LogP contribution in [0.4, 0.5) is 11.4 Å². The van der Waals surface area contributed by atoms with Gasteiger partial charge in [0.05, 0.1) is 10.5 Å². The van der Waals surface area contributed by atoms with Crippen molar-refractivity contribution < 1.29 is 19.3 Å². The first-order chi connectivity index (χ1) is 15.3. The quantitative estimate of drug-likeness (QED) is 0.423. The molecule has 1 N–H and O–H groups in total. The van der Waals surface area contributed by atoms with E-state index in [9.17, 15) is 24.5 Å². The Balaban J connectivity index is 1.38. The number of carbonyl (C=O) groups is 3. The van der Waals surface area contributed by atoms with Crippen LogP contribution < -0.4 is 5.32 Å². The van der Waals surface area contributed by atoms with Crippen LogP contribution in [0, 0.1) is 16.0 Å². The summed E-state index contributed by atoms with van der Waals surface area (Å²) >= 11 is 0. The van der Waals surface area contributed by atoms with Gasteiger partial charge in [0.25, 0.3) is 17.5 Å². The maximum atomic E-state index is 12.6. The molecule has 1 saturated heterocycles. The highest BCUT2D eigenvalue weighted by atomic mass is 16.6. The Bertz CT molecular complexity index is 1080. The molecule has 0 aromatic heterocycles. The van der Waals surface area contributed by atoms with Gasteiger partial charge in [-0.15, -0.1) is 0 Å². The maximum Gasteiger partial charge on any atom is 0.282 e. The van der Waals surface area contributed by atoms with Crippen molar-refractivity contribution >= 4 is 29.1 Å². The fourth-order valence-corrected chi connectivity index (χ4v) is 4.34. The van der Waals surface area contributed by atoms with E-state index in [4.69, 9.17) is 0 Å². The number of benzene rings is 2. The summed E-state index contributed by atoms with van der Waals surface area (Å²) in [5.41, 5.74) is 0.917. The highest BCUT2D eigenvalue weighted by Gasteiger charge is 2.41. The Kier molecular flexibility index (Phi) is 6.00. The molecule has 2 aromatic carbocycles. The molecular formula is C23H24N4O5. The number of piperidine rings is 1. The normalized spacial score (nSPS) is 18.5. The van der Waals surface area contributed by atoms with Crippen LogP contribution in [-0.4, -0.2) is 52.1 Å². The number of nitro benzene ring substituents is 1. The van der Waals surface area contributed by atoms with E-state index in [2.05, 4.69) is 17.1 Å². The van der Waals surface area contributed by atoms with Crippen molar-refractivity contribution in [2.24, 2.45) is 5.92 Å². The van der Waals surface area contributed by atoms with Gasteiger partial charge >= 0.3 is 0 Å². The second-order valence-electron chi connectivity index (χ2n) is 8.38. The summed E-state index contributed by atoms with van der Waals surface area (Å²) in [6.07, 6.45) is 2.47. The lowest BCUT2D eigenvalue weighted by Crippen LogP contribution is -2.37. The van der Waals surface area contributed by atoms with Gasteiger partial charge < -0.3 is 5.32 Å². The number of anilines is 1. The smallest absolute Gasteiger partial charge is 0.282 e. The predicted molar refractivity (Wildman–Crippen MR) is 117 cm³/mol. The predicted octanol–water partition coefficient (Wildman–Crippen LogP) is 3.06. The van der Waals surface area contributed by atoms with Crippen molar-refractivity contribution in [1.29, 1.82) is 0 Å². The van der Waals surface area contributed by atoms with Crippen LogP contribution in [0.15, 0.2) is 42.5 Å². The SMILES string of the molecule is CC1CCCN(Cc2ccc(NC(=O)CN3C(=O)c4cccc([N+](=O)[O-])c4C3=O)cc2)C1. The van der Waals surface area contributed by atoms with Crippen molar-refractivity contribution in [2.75, 3.05) is 25.0 Å². The molecule has 2 aliphatic rings. The van der Waals surface area contributed by atoms with Crippen LogP contribution in [0.25, 0.3) is 0 Å². The summed E-state index contributed by atoms with van der Waals surface area (Å²) in [5.74, 6) is -1.40. The number of hydrogen-bond donors (Lipinski definition) is 1. The average molecular weight is 436 g/mol. The van der Waals surface area contributed by atoms with Gasteiger partial charge in [-0.25, -0.2) is 0 Å². The summed E-state index contributed by atoms with van der Waals surface area (Å²) in [7, 11) is 0. The van der Waals surface area contributed by atoms with Gasteiger partial charge in [-0.3, -0.25) is 34.3 Å². The molecule has 4 rings (SSSR count). The van der Waals surface area contributed by atoms with Crippen LogP contribution in [-0.2, 0) is 11.3 Å². The second kappa shape index (κ2) is 8.88. The number of nitrogens with one attached hydrogen (secondary N) is 1. The van der Waals surface area contributed by atoms with Gasteiger partial charge in [-0.05, 0) is 49.1 Å². The Labute approximate surface area is 185 Å². The molecule has 0 aliphatic carbocycles. The highest BCUT2D eigenvalue weighted by molar-refractivity contribution is 6.24. The molecule has 9 heteroatoms. The van der Waals surface area contributed by atoms with E-state index in [1.54, 1.807) is 12.1 Å². The molecule has 32 heavy (non-hydrogen) atoms. The number of fused-ring (bicyclic) bond motifs is 1. The Morgan fingerprint density at radius 2 is 1.91 bits per heavy atom. The molecule has 9 nitrogen and oxygen atoms in total. The lowest BCUT2D eigenvalue weighted by atomic mass is 10.00. The fraction of sp³-hybridized carbons (Fsp3) is 0.348. The Morgan fingerprint density at radius 3 is 2.59 bits per heavy atom. The summed E-state index contributed by atoms with van der Waals surface area (Å²) < 4.78 is 0. The third-order valence-corrected chi connectivity index (χ3v) is 5.86. The number of likely N-dealkylation sites (tertiary alicyclic amines) is 1. The summed E-state index contributed by atoms with van der Waals surface area (Å²) in [6, 6.07) is 11.3. The van der Waals surface area contributed by atoms with Crippen molar-refractivity contribution in [2.45, 2.75) is 26.3 Å². The minimum Gasteiger partial charge on any atom is -0.325 e. The summed E-state index contributed by atoms with van der Waals surface area (Å²) in [5, 5.41) is 13.9. The van der Waals surface area contributed by atoms with Crippen LogP contribution >= 0.6 is 0 Å². The Hall–Kier alpha value is -3.59. The highest BCUT2D eigenvalue weighted by Crippen LogP contribution is 2.30. The third kappa shape index (κ3) is 4.38. The molecule has 0 saturated carbocycles. The molecule has 0 bridgehead atoms. The minimum atomic E-state index is -0.835. The largest absolute Gasteiger partial charge is 0.325 e. The first kappa shape index (κ1) is 21.6. The molecule has 1 fully saturated rings. The van der Waals surface area contributed by atoms with E-state index in [1.165, 1.54) is 31.0 Å². The Morgan fingerprint density at radius 1 is 1.16 bits per heavy atom. The molecule has 2 aliphatic heterocycles. The molecule has 2 heterocycles. The molecule has 166 valence electrons. The van der Waals surface area contributed by atoms with E-state index in [1.807, 2.05) is 12.1 Å². The lowest BCUT2D eigenvalue weighted by Gasteiger charge is -2.30. The van der Waals surface area contributed by atoms with Gasteiger partial charge in [0, 0.05) is 24.8 Å². The van der Waals surface area contributed by atoms with Crippen LogP contribution in [0.3, 0.4) is 0 Å². The summed E-state index contributed by atoms with van der Waals surface area (Å²) in [4.78, 5) is 51.2. The van der Waals surface area contributed by atoms with E-state index in [0.29, 0.717) is 11.6 Å². The van der Waals surface area contributed by atoms with Gasteiger partial charge in [0.2, 0.25) is 5.91 Å². The monoisotopic (exact) mass is 436 g/mol. The standard InChI is InChI=1S/C23H24N4O5/c1-15-4-3-11-25(12-15)13-16-7-9-17(10-8-16)24-20(28)14-26-22(29)18-5-2-6-19(27(31)32)21(18)23(26)30/h2,5-10,15H,3-4,11-14H2,1H3,(H,24,28). The van der Waals surface area contributed by atoms with Crippen molar-refractivity contribution in [3.8, 4) is 0 Å². The molecule has 0 radical (unpaired) electrons. The van der Waals surface area contributed by atoms with Gasteiger partial charge in [-0.2, -0.15) is 0 Å². The lowest BCUT2D eigenvalue weighted by molar-refractivity contribution is -0.385. The number of nitrogens with zero attached hydrogens (tertiary/aromatic N) is 3. The van der Waals surface area contributed by atoms with Crippen LogP contribution in [0.2, 0.25) is 0 Å². The zero-order valence-corrected chi connectivity index (χ0v) is 17.7. The van der Waals surface area contributed by atoms with E-state index < -0.39 is 34.9 Å². The number of carbonyl (C=O) groups excluding carboxylic acids is 3. The first-order valence-electron chi connectivity index (χ1n) is 10.6. The van der Waals surface area contributed by atoms with Crippen molar-refractivity contribution in [3.63, 3.8) is 0 Å². The minimum absolute atomic E-state index is 0.0617. The third-order valence-electron chi connectivity index (χ3n) is 5.86. The number of hydrogen-bond acceptors (Lipinski definition) is 6. The zero-order chi connectivity index (χ0) is 22.8. The number of imide groups is 1. The molecule has 0 spiro atoms. The maximum absolute atomic E-state index is 12.6. The fourth-order valence-electron chi connectivity index (χ4n) is 4.34. The van der Waals surface area contributed by atoms with E-state index >= 15 is 0 Å². The van der Waals surface area contributed by atoms with Gasteiger partial charge in [-0.1, -0.05) is 25.1 Å². The van der Waals surface area contributed by atoms with Gasteiger partial charge in [0.1, 0.15) is 12.1 Å². The molecule has 1 atom stereocenters. The molecular weight excluding hydrogens is 412 g/mol. The van der Waals surface area contributed by atoms with Gasteiger partial charge in [0.15, 0.2) is 0 Å². The zero-order valence-electron chi connectivity index (χ0n) is 17.7. The van der Waals surface area contributed by atoms with Crippen LogP contribution in [0.1, 0.15) is 46.0 Å². The average Bonchev–Trinajstić information content (AvgIpc) is 3.00. The van der Waals surface area contributed by atoms with Crippen molar-refractivity contribution in [1.82, 2.24) is 9.80 Å². The van der Waals surface area contributed by atoms with Crippen molar-refractivity contribution in [3.05, 3.63) is 69.3 Å². The number of nitro groups is 1. The second-order valence-corrected chi connectivity index (χ2v) is 8.38. The van der Waals surface area contributed by atoms with Crippen LogP contribution in [0.5, 0.6) is 0 Å². The molecule has 3 amide bonds. The summed E-state index contributed by atoms with van der Waals surface area (Å²) in [6.45, 7) is 4.76. The first-order valence-corrected chi connectivity index (χ1v) is 10.6. The number of amides is 3. The topological polar surface area (TPSA) is 113 Å². The van der Waals surface area contributed by atoms with E-state index in [0.717, 1.165) is 30.1 Å². The molecule has 1 unspecified atom stereocenters. The number of rotatable bonds is 6. The molecule has 2 aromatic rings. The van der Waals surface area contributed by atoms with E-state index in [-0.39, 0.29) is 11.1 Å².